The molecule has 0 aliphatic carbocycles. The van der Waals surface area contributed by atoms with Crippen LogP contribution in [0.3, 0.4) is 0 Å². The van der Waals surface area contributed by atoms with Gasteiger partial charge in [-0.1, -0.05) is 6.92 Å². The van der Waals surface area contributed by atoms with E-state index in [1.54, 1.807) is 11.3 Å². The van der Waals surface area contributed by atoms with E-state index in [0.29, 0.717) is 6.61 Å². The molecule has 0 spiro atoms. The van der Waals surface area contributed by atoms with E-state index in [9.17, 15) is 0 Å². The molecule has 0 radical (unpaired) electrons. The lowest BCUT2D eigenvalue weighted by molar-refractivity contribution is -0.00803. The quantitative estimate of drug-likeness (QED) is 0.617. The van der Waals surface area contributed by atoms with E-state index in [1.165, 1.54) is 4.88 Å². The molecule has 1 fully saturated rings. The van der Waals surface area contributed by atoms with E-state index in [2.05, 4.69) is 34.1 Å². The number of hydrogen-bond acceptors (Lipinski definition) is 5. The van der Waals surface area contributed by atoms with E-state index < -0.39 is 0 Å². The summed E-state index contributed by atoms with van der Waals surface area (Å²) in [7, 11) is 1.93. The molecule has 7 nitrogen and oxygen atoms in total. The summed E-state index contributed by atoms with van der Waals surface area (Å²) in [6, 6.07) is 0. The second kappa shape index (κ2) is 9.14. The van der Waals surface area contributed by atoms with Crippen molar-refractivity contribution in [1.82, 2.24) is 25.0 Å². The van der Waals surface area contributed by atoms with Crippen LogP contribution in [0, 0.1) is 0 Å². The van der Waals surface area contributed by atoms with Crippen LogP contribution in [0.1, 0.15) is 35.4 Å². The third-order valence-electron chi connectivity index (χ3n) is 4.33. The van der Waals surface area contributed by atoms with Crippen LogP contribution in [0.4, 0.5) is 0 Å². The average Bonchev–Trinajstić information content (AvgIpc) is 3.30. The molecule has 0 bridgehead atoms. The predicted octanol–water partition coefficient (Wildman–Crippen LogP) is 2.02. The number of hydrogen-bond donors (Lipinski definition) is 1. The monoisotopic (exact) mass is 376 g/mol. The molecule has 142 valence electrons. The molecular formula is C18H28N6OS. The van der Waals surface area contributed by atoms with Crippen LogP contribution >= 0.6 is 11.3 Å². The number of nitrogens with zero attached hydrogens (tertiary/aromatic N) is 5. The van der Waals surface area contributed by atoms with Gasteiger partial charge in [0.25, 0.3) is 0 Å². The van der Waals surface area contributed by atoms with Crippen LogP contribution in [0.5, 0.6) is 0 Å². The van der Waals surface area contributed by atoms with Crippen LogP contribution in [0.25, 0.3) is 0 Å². The number of guanidine groups is 1. The Morgan fingerprint density at radius 2 is 2.31 bits per heavy atom. The van der Waals surface area contributed by atoms with Crippen LogP contribution in [0.2, 0.25) is 0 Å². The number of morpholine rings is 1. The highest BCUT2D eigenvalue weighted by Crippen LogP contribution is 2.21. The maximum absolute atomic E-state index is 5.94. The molecule has 2 aromatic rings. The van der Waals surface area contributed by atoms with Crippen molar-refractivity contribution in [2.24, 2.45) is 12.0 Å². The minimum absolute atomic E-state index is 0.0346. The van der Waals surface area contributed by atoms with Gasteiger partial charge in [-0.05, 0) is 13.3 Å². The second-order valence-corrected chi connectivity index (χ2v) is 7.51. The summed E-state index contributed by atoms with van der Waals surface area (Å²) in [5, 5.41) is 8.83. The second-order valence-electron chi connectivity index (χ2n) is 6.31. The van der Waals surface area contributed by atoms with E-state index in [4.69, 9.17) is 9.73 Å². The molecule has 2 aromatic heterocycles. The van der Waals surface area contributed by atoms with Gasteiger partial charge in [0.2, 0.25) is 0 Å². The molecule has 1 N–H and O–H groups in total. The summed E-state index contributed by atoms with van der Waals surface area (Å²) in [5.41, 5.74) is 1.11. The van der Waals surface area contributed by atoms with E-state index in [0.717, 1.165) is 55.6 Å². The number of aliphatic imine (C=N–C) groups is 1. The zero-order chi connectivity index (χ0) is 18.4. The van der Waals surface area contributed by atoms with Gasteiger partial charge >= 0.3 is 0 Å². The van der Waals surface area contributed by atoms with Gasteiger partial charge < -0.3 is 15.0 Å². The molecule has 1 aliphatic rings. The Balaban J connectivity index is 1.62. The predicted molar refractivity (Wildman–Crippen MR) is 105 cm³/mol. The first-order valence-electron chi connectivity index (χ1n) is 9.26. The summed E-state index contributed by atoms with van der Waals surface area (Å²) in [6.07, 6.45) is 7.85. The van der Waals surface area contributed by atoms with Crippen molar-refractivity contribution in [3.63, 3.8) is 0 Å². The standard InChI is InChI=1S/C18H28N6OS/c1-4-15-11-21-17(26-15)6-7-20-18(19-5-2)24-8-9-25-16(13-24)14-10-22-23(3)12-14/h10-12,16H,4-9,13H2,1-3H3,(H,19,20). The molecule has 1 unspecified atom stereocenters. The molecule has 26 heavy (non-hydrogen) atoms. The number of rotatable bonds is 6. The van der Waals surface area contributed by atoms with Crippen molar-refractivity contribution in [2.45, 2.75) is 32.8 Å². The third-order valence-corrected chi connectivity index (χ3v) is 5.54. The maximum Gasteiger partial charge on any atom is 0.194 e. The Bertz CT molecular complexity index is 725. The molecular weight excluding hydrogens is 348 g/mol. The number of nitrogens with one attached hydrogen (secondary N) is 1. The van der Waals surface area contributed by atoms with E-state index in [-0.39, 0.29) is 6.10 Å². The lowest BCUT2D eigenvalue weighted by Crippen LogP contribution is -2.48. The van der Waals surface area contributed by atoms with Crippen molar-refractivity contribution < 1.29 is 4.74 Å². The van der Waals surface area contributed by atoms with Gasteiger partial charge in [0, 0.05) is 55.9 Å². The van der Waals surface area contributed by atoms with Crippen LogP contribution in [-0.4, -0.2) is 58.4 Å². The SMILES string of the molecule is CCNC(=NCCc1ncc(CC)s1)N1CCOC(c2cnn(C)c2)C1. The van der Waals surface area contributed by atoms with Gasteiger partial charge in [0.15, 0.2) is 5.96 Å². The summed E-state index contributed by atoms with van der Waals surface area (Å²) in [5.74, 6) is 0.956. The number of thiazole rings is 1. The van der Waals surface area contributed by atoms with E-state index >= 15 is 0 Å². The largest absolute Gasteiger partial charge is 0.370 e. The minimum Gasteiger partial charge on any atom is -0.370 e. The Morgan fingerprint density at radius 3 is 3.00 bits per heavy atom. The fourth-order valence-electron chi connectivity index (χ4n) is 2.96. The zero-order valence-corrected chi connectivity index (χ0v) is 16.6. The zero-order valence-electron chi connectivity index (χ0n) is 15.8. The topological polar surface area (TPSA) is 67.6 Å². The van der Waals surface area contributed by atoms with Gasteiger partial charge in [-0.3, -0.25) is 9.67 Å². The Morgan fingerprint density at radius 1 is 1.42 bits per heavy atom. The third kappa shape index (κ3) is 4.82. The summed E-state index contributed by atoms with van der Waals surface area (Å²) < 4.78 is 7.75. The highest BCUT2D eigenvalue weighted by Gasteiger charge is 2.25. The number of aromatic nitrogens is 3. The van der Waals surface area contributed by atoms with Crippen LogP contribution in [-0.2, 0) is 24.6 Å². The number of ether oxygens (including phenoxy) is 1. The van der Waals surface area contributed by atoms with Crippen molar-refractivity contribution in [3.05, 3.63) is 34.0 Å². The molecule has 0 aromatic carbocycles. The fraction of sp³-hybridized carbons (Fsp3) is 0.611. The molecule has 3 rings (SSSR count). The molecule has 1 aliphatic heterocycles. The highest BCUT2D eigenvalue weighted by molar-refractivity contribution is 7.11. The molecule has 0 amide bonds. The van der Waals surface area contributed by atoms with Crippen molar-refractivity contribution >= 4 is 17.3 Å². The Hall–Kier alpha value is -1.93. The van der Waals surface area contributed by atoms with Gasteiger partial charge in [-0.2, -0.15) is 5.10 Å². The molecule has 0 saturated carbocycles. The summed E-state index contributed by atoms with van der Waals surface area (Å²) in [4.78, 5) is 12.9. The van der Waals surface area contributed by atoms with Crippen LogP contribution in [0.15, 0.2) is 23.6 Å². The molecule has 8 heteroatoms. The molecule has 3 heterocycles. The minimum atomic E-state index is 0.0346. The molecule has 1 atom stereocenters. The van der Waals surface area contributed by atoms with Crippen molar-refractivity contribution in [2.75, 3.05) is 32.8 Å². The van der Waals surface area contributed by atoms with Crippen molar-refractivity contribution in [1.29, 1.82) is 0 Å². The van der Waals surface area contributed by atoms with Crippen molar-refractivity contribution in [3.8, 4) is 0 Å². The van der Waals surface area contributed by atoms with Gasteiger partial charge in [-0.25, -0.2) is 4.98 Å². The summed E-state index contributed by atoms with van der Waals surface area (Å²) >= 11 is 1.79. The van der Waals surface area contributed by atoms with E-state index in [1.807, 2.05) is 30.3 Å². The Kier molecular flexibility index (Phi) is 6.62. The smallest absolute Gasteiger partial charge is 0.194 e. The first-order valence-corrected chi connectivity index (χ1v) is 10.1. The Labute approximate surface area is 159 Å². The maximum atomic E-state index is 5.94. The first kappa shape index (κ1) is 18.8. The first-order chi connectivity index (χ1) is 12.7. The average molecular weight is 377 g/mol. The number of aryl methyl sites for hydroxylation is 2. The highest BCUT2D eigenvalue weighted by atomic mass is 32.1. The summed E-state index contributed by atoms with van der Waals surface area (Å²) in [6.45, 7) is 8.18. The van der Waals surface area contributed by atoms with Gasteiger partial charge in [-0.15, -0.1) is 11.3 Å². The lowest BCUT2D eigenvalue weighted by Gasteiger charge is -2.34. The van der Waals surface area contributed by atoms with Crippen LogP contribution < -0.4 is 5.32 Å². The van der Waals surface area contributed by atoms with Gasteiger partial charge in [0.1, 0.15) is 6.10 Å². The normalized spacial score (nSPS) is 18.3. The van der Waals surface area contributed by atoms with Gasteiger partial charge in [0.05, 0.1) is 24.4 Å². The fourth-order valence-corrected chi connectivity index (χ4v) is 3.81. The lowest BCUT2D eigenvalue weighted by atomic mass is 10.1. The molecule has 1 saturated heterocycles.